The van der Waals surface area contributed by atoms with Gasteiger partial charge in [-0.1, -0.05) is 31.9 Å². The van der Waals surface area contributed by atoms with Gasteiger partial charge in [-0.05, 0) is 61.7 Å². The highest BCUT2D eigenvalue weighted by molar-refractivity contribution is 5.37. The number of fused-ring (bicyclic) bond motifs is 1. The van der Waals surface area contributed by atoms with E-state index in [2.05, 4.69) is 27.7 Å². The van der Waals surface area contributed by atoms with Crippen LogP contribution in [0.5, 0.6) is 0 Å². The minimum Gasteiger partial charge on any atom is -0.0735 e. The van der Waals surface area contributed by atoms with Gasteiger partial charge < -0.3 is 0 Å². The molecule has 0 aliphatic heterocycles. The van der Waals surface area contributed by atoms with E-state index in [-0.39, 0.29) is 0 Å². The SMILES string of the molecule is CC1=C2CC3CCC(C)C2(CC1)C3(C)C. The van der Waals surface area contributed by atoms with E-state index in [0.717, 1.165) is 11.8 Å². The zero-order chi connectivity index (χ0) is 10.8. The summed E-state index contributed by atoms with van der Waals surface area (Å²) in [6.45, 7) is 10.0. The van der Waals surface area contributed by atoms with Gasteiger partial charge in [-0.3, -0.25) is 0 Å². The minimum atomic E-state index is 0.581. The van der Waals surface area contributed by atoms with Crippen LogP contribution in [0.2, 0.25) is 0 Å². The van der Waals surface area contributed by atoms with Crippen LogP contribution in [0.15, 0.2) is 11.1 Å². The first-order chi connectivity index (χ1) is 7.00. The molecule has 3 atom stereocenters. The van der Waals surface area contributed by atoms with Crippen molar-refractivity contribution in [1.82, 2.24) is 0 Å². The minimum absolute atomic E-state index is 0.581. The van der Waals surface area contributed by atoms with Crippen LogP contribution >= 0.6 is 0 Å². The normalized spacial score (nSPS) is 47.2. The van der Waals surface area contributed by atoms with Crippen molar-refractivity contribution in [2.24, 2.45) is 22.7 Å². The van der Waals surface area contributed by atoms with Crippen molar-refractivity contribution in [1.29, 1.82) is 0 Å². The maximum absolute atomic E-state index is 2.55. The first-order valence-corrected chi connectivity index (χ1v) is 6.69. The lowest BCUT2D eigenvalue weighted by Crippen LogP contribution is -2.44. The van der Waals surface area contributed by atoms with E-state index in [1.165, 1.54) is 32.1 Å². The average Bonchev–Trinajstić information content (AvgIpc) is 2.53. The lowest BCUT2D eigenvalue weighted by molar-refractivity contribution is -0.00753. The van der Waals surface area contributed by atoms with Crippen LogP contribution in [0.1, 0.15) is 59.8 Å². The van der Waals surface area contributed by atoms with Crippen LogP contribution in [-0.2, 0) is 0 Å². The van der Waals surface area contributed by atoms with Crippen molar-refractivity contribution in [3.63, 3.8) is 0 Å². The molecule has 0 aromatic carbocycles. The van der Waals surface area contributed by atoms with E-state index >= 15 is 0 Å². The Bertz CT molecular complexity index is 334. The van der Waals surface area contributed by atoms with Gasteiger partial charge in [0, 0.05) is 0 Å². The summed E-state index contributed by atoms with van der Waals surface area (Å²) in [7, 11) is 0. The largest absolute Gasteiger partial charge is 0.0735 e. The molecule has 15 heavy (non-hydrogen) atoms. The van der Waals surface area contributed by atoms with Crippen molar-refractivity contribution < 1.29 is 0 Å². The van der Waals surface area contributed by atoms with Gasteiger partial charge in [-0.25, -0.2) is 0 Å². The third-order valence-electron chi connectivity index (χ3n) is 6.36. The van der Waals surface area contributed by atoms with E-state index in [1.807, 2.05) is 5.57 Å². The van der Waals surface area contributed by atoms with E-state index in [4.69, 9.17) is 0 Å². The maximum atomic E-state index is 2.55. The second-order valence-electron chi connectivity index (χ2n) is 6.83. The molecule has 3 rings (SSSR count). The molecule has 1 spiro atoms. The molecule has 2 fully saturated rings. The zero-order valence-electron chi connectivity index (χ0n) is 10.7. The topological polar surface area (TPSA) is 0 Å². The smallest absolute Gasteiger partial charge is 0.000292 e. The molecule has 0 amide bonds. The van der Waals surface area contributed by atoms with Gasteiger partial charge >= 0.3 is 0 Å². The summed E-state index contributed by atoms with van der Waals surface area (Å²) < 4.78 is 0. The fourth-order valence-electron chi connectivity index (χ4n) is 5.34. The molecular weight excluding hydrogens is 180 g/mol. The highest BCUT2D eigenvalue weighted by atomic mass is 14.7. The van der Waals surface area contributed by atoms with Crippen LogP contribution in [0.4, 0.5) is 0 Å². The summed E-state index contributed by atoms with van der Waals surface area (Å²) in [6.07, 6.45) is 7.23. The molecule has 3 unspecified atom stereocenters. The van der Waals surface area contributed by atoms with Gasteiger partial charge in [0.15, 0.2) is 0 Å². The second kappa shape index (κ2) is 2.70. The summed E-state index contributed by atoms with van der Waals surface area (Å²) in [5.74, 6) is 1.91. The number of allylic oxidation sites excluding steroid dienone is 2. The van der Waals surface area contributed by atoms with E-state index in [9.17, 15) is 0 Å². The first-order valence-electron chi connectivity index (χ1n) is 6.69. The summed E-state index contributed by atoms with van der Waals surface area (Å²) in [6, 6.07) is 0. The van der Waals surface area contributed by atoms with Crippen molar-refractivity contribution in [2.75, 3.05) is 0 Å². The Balaban J connectivity index is 2.20. The predicted octanol–water partition coefficient (Wildman–Crippen LogP) is 4.56. The summed E-state index contributed by atoms with van der Waals surface area (Å²) in [5, 5.41) is 0. The van der Waals surface area contributed by atoms with E-state index < -0.39 is 0 Å². The highest BCUT2D eigenvalue weighted by Gasteiger charge is 2.63. The molecule has 3 aliphatic carbocycles. The quantitative estimate of drug-likeness (QED) is 0.507. The summed E-state index contributed by atoms with van der Waals surface area (Å²) in [4.78, 5) is 0. The third-order valence-corrected chi connectivity index (χ3v) is 6.36. The van der Waals surface area contributed by atoms with Crippen molar-refractivity contribution >= 4 is 0 Å². The van der Waals surface area contributed by atoms with Crippen molar-refractivity contribution in [3.05, 3.63) is 11.1 Å². The van der Waals surface area contributed by atoms with Gasteiger partial charge in [0.25, 0.3) is 0 Å². The van der Waals surface area contributed by atoms with Gasteiger partial charge in [0.1, 0.15) is 0 Å². The molecule has 0 saturated heterocycles. The molecule has 0 aromatic heterocycles. The molecule has 84 valence electrons. The second-order valence-corrected chi connectivity index (χ2v) is 6.83. The monoisotopic (exact) mass is 204 g/mol. The fourth-order valence-corrected chi connectivity index (χ4v) is 5.34. The standard InChI is InChI=1S/C15H24/c1-10-7-8-15-11(2)5-6-12(9-13(10)15)14(15,3)4/h11-12H,5-9H2,1-4H3. The molecule has 2 bridgehead atoms. The lowest BCUT2D eigenvalue weighted by Gasteiger charge is -2.51. The van der Waals surface area contributed by atoms with Crippen LogP contribution in [-0.4, -0.2) is 0 Å². The molecular formula is C15H24. The van der Waals surface area contributed by atoms with Crippen LogP contribution in [0, 0.1) is 22.7 Å². The molecule has 0 nitrogen and oxygen atoms in total. The molecule has 3 aliphatic rings. The van der Waals surface area contributed by atoms with Gasteiger partial charge in [0.05, 0.1) is 0 Å². The lowest BCUT2D eigenvalue weighted by atomic mass is 9.53. The Labute approximate surface area is 94.1 Å². The van der Waals surface area contributed by atoms with Crippen LogP contribution in [0.25, 0.3) is 0 Å². The molecule has 0 heterocycles. The average molecular weight is 204 g/mol. The Morgan fingerprint density at radius 1 is 1.20 bits per heavy atom. The number of hydrogen-bond acceptors (Lipinski definition) is 0. The summed E-state index contributed by atoms with van der Waals surface area (Å²) in [5.41, 5.74) is 4.83. The van der Waals surface area contributed by atoms with E-state index in [1.54, 1.807) is 5.57 Å². The zero-order valence-corrected chi connectivity index (χ0v) is 10.7. The Morgan fingerprint density at radius 2 is 1.93 bits per heavy atom. The fraction of sp³-hybridized carbons (Fsp3) is 0.867. The highest BCUT2D eigenvalue weighted by Crippen LogP contribution is 2.72. The first kappa shape index (κ1) is 9.93. The van der Waals surface area contributed by atoms with Gasteiger partial charge in [0.2, 0.25) is 0 Å². The number of hydrogen-bond donors (Lipinski definition) is 0. The van der Waals surface area contributed by atoms with Gasteiger partial charge in [-0.2, -0.15) is 0 Å². The molecule has 0 N–H and O–H groups in total. The number of rotatable bonds is 0. The molecule has 2 saturated carbocycles. The van der Waals surface area contributed by atoms with Crippen LogP contribution in [0.3, 0.4) is 0 Å². The molecule has 0 aromatic rings. The Morgan fingerprint density at radius 3 is 2.67 bits per heavy atom. The maximum Gasteiger partial charge on any atom is -0.000292 e. The molecule has 0 radical (unpaired) electrons. The van der Waals surface area contributed by atoms with Gasteiger partial charge in [-0.15, -0.1) is 0 Å². The Kier molecular flexibility index (Phi) is 1.79. The van der Waals surface area contributed by atoms with Crippen LogP contribution < -0.4 is 0 Å². The Hall–Kier alpha value is -0.260. The molecule has 0 heteroatoms. The predicted molar refractivity (Wildman–Crippen MR) is 64.7 cm³/mol. The van der Waals surface area contributed by atoms with Crippen molar-refractivity contribution in [2.45, 2.75) is 59.8 Å². The van der Waals surface area contributed by atoms with Crippen molar-refractivity contribution in [3.8, 4) is 0 Å². The summed E-state index contributed by atoms with van der Waals surface area (Å²) >= 11 is 0. The van der Waals surface area contributed by atoms with E-state index in [0.29, 0.717) is 10.8 Å². The third kappa shape index (κ3) is 0.905.